The monoisotopic (exact) mass is 379 g/mol. The quantitative estimate of drug-likeness (QED) is 0.805. The van der Waals surface area contributed by atoms with Crippen molar-refractivity contribution in [1.29, 1.82) is 0 Å². The number of hydrogen-bond acceptors (Lipinski definition) is 2. The summed E-state index contributed by atoms with van der Waals surface area (Å²) in [5, 5.41) is 11.8. The summed E-state index contributed by atoms with van der Waals surface area (Å²) in [6.45, 7) is 3.71. The van der Waals surface area contributed by atoms with E-state index in [2.05, 4.69) is 5.32 Å². The van der Waals surface area contributed by atoms with E-state index < -0.39 is 29.7 Å². The molecule has 0 aliphatic heterocycles. The van der Waals surface area contributed by atoms with Gasteiger partial charge in [0.05, 0.1) is 12.0 Å². The van der Waals surface area contributed by atoms with Crippen molar-refractivity contribution in [2.45, 2.75) is 38.9 Å². The molecule has 2 rings (SSSR count). The zero-order chi connectivity index (χ0) is 20.2. The number of aryl methyl sites for hydroxylation is 2. The Morgan fingerprint density at radius 2 is 1.67 bits per heavy atom. The first kappa shape index (κ1) is 20.5. The third-order valence-electron chi connectivity index (χ3n) is 4.31. The fourth-order valence-electron chi connectivity index (χ4n) is 2.86. The number of rotatable bonds is 6. The first-order chi connectivity index (χ1) is 12.6. The van der Waals surface area contributed by atoms with Crippen LogP contribution < -0.4 is 5.32 Å². The molecule has 2 aromatic rings. The number of benzene rings is 2. The molecule has 0 spiro atoms. The molecule has 4 nitrogen and oxygen atoms in total. The molecule has 1 amide bonds. The topological polar surface area (TPSA) is 66.4 Å². The molecule has 2 N–H and O–H groups in total. The number of carbonyl (C=O) groups excluding carboxylic acids is 1. The highest BCUT2D eigenvalue weighted by Crippen LogP contribution is 2.29. The predicted molar refractivity (Wildman–Crippen MR) is 94.3 cm³/mol. The van der Waals surface area contributed by atoms with E-state index in [9.17, 15) is 27.9 Å². The highest BCUT2D eigenvalue weighted by molar-refractivity contribution is 5.85. The zero-order valence-electron chi connectivity index (χ0n) is 14.9. The van der Waals surface area contributed by atoms with Crippen LogP contribution in [0.1, 0.15) is 27.8 Å². The SMILES string of the molecule is Cc1cccc(C)c1C[C@H](NC(=O)Cc1cccc(C(F)(F)F)c1)C(=O)O. The lowest BCUT2D eigenvalue weighted by Gasteiger charge is -2.18. The first-order valence-corrected chi connectivity index (χ1v) is 8.31. The Labute approximate surface area is 155 Å². The highest BCUT2D eigenvalue weighted by Gasteiger charge is 2.30. The van der Waals surface area contributed by atoms with Crippen LogP contribution in [0.3, 0.4) is 0 Å². The van der Waals surface area contributed by atoms with Crippen molar-refractivity contribution < 1.29 is 27.9 Å². The summed E-state index contributed by atoms with van der Waals surface area (Å²) in [5.41, 5.74) is 1.96. The van der Waals surface area contributed by atoms with Gasteiger partial charge in [-0.1, -0.05) is 36.4 Å². The zero-order valence-corrected chi connectivity index (χ0v) is 14.9. The number of alkyl halides is 3. The molecule has 0 unspecified atom stereocenters. The maximum Gasteiger partial charge on any atom is 0.416 e. The van der Waals surface area contributed by atoms with Gasteiger partial charge in [0.25, 0.3) is 0 Å². The van der Waals surface area contributed by atoms with Gasteiger partial charge in [0.2, 0.25) is 5.91 Å². The number of amides is 1. The fourth-order valence-corrected chi connectivity index (χ4v) is 2.86. The summed E-state index contributed by atoms with van der Waals surface area (Å²) in [7, 11) is 0. The smallest absolute Gasteiger partial charge is 0.416 e. The van der Waals surface area contributed by atoms with Crippen LogP contribution in [-0.4, -0.2) is 23.0 Å². The summed E-state index contributed by atoms with van der Waals surface area (Å²) in [4.78, 5) is 23.7. The number of carboxylic acids is 1. The van der Waals surface area contributed by atoms with E-state index in [1.165, 1.54) is 12.1 Å². The molecule has 27 heavy (non-hydrogen) atoms. The van der Waals surface area contributed by atoms with Gasteiger partial charge in [-0.15, -0.1) is 0 Å². The van der Waals surface area contributed by atoms with E-state index in [4.69, 9.17) is 0 Å². The lowest BCUT2D eigenvalue weighted by atomic mass is 9.96. The van der Waals surface area contributed by atoms with Crippen LogP contribution in [0.15, 0.2) is 42.5 Å². The van der Waals surface area contributed by atoms with Gasteiger partial charge in [0, 0.05) is 6.42 Å². The minimum absolute atomic E-state index is 0.0994. The van der Waals surface area contributed by atoms with Gasteiger partial charge in [-0.3, -0.25) is 4.79 Å². The number of halogens is 3. The van der Waals surface area contributed by atoms with E-state index in [1.807, 2.05) is 32.0 Å². The molecule has 0 bridgehead atoms. The maximum absolute atomic E-state index is 12.8. The number of carboxylic acid groups (broad SMARTS) is 1. The van der Waals surface area contributed by atoms with Crippen molar-refractivity contribution in [2.24, 2.45) is 0 Å². The predicted octanol–water partition coefficient (Wildman–Crippen LogP) is 3.68. The van der Waals surface area contributed by atoms with Crippen molar-refractivity contribution in [1.82, 2.24) is 5.32 Å². The normalized spacial score (nSPS) is 12.5. The Bertz CT molecular complexity index is 826. The lowest BCUT2D eigenvalue weighted by molar-refractivity contribution is -0.141. The molecule has 0 fully saturated rings. The summed E-state index contributed by atoms with van der Waals surface area (Å²) < 4.78 is 38.3. The van der Waals surface area contributed by atoms with Crippen LogP contribution >= 0.6 is 0 Å². The number of hydrogen-bond donors (Lipinski definition) is 2. The van der Waals surface area contributed by atoms with E-state index in [-0.39, 0.29) is 18.4 Å². The Balaban J connectivity index is 2.11. The summed E-state index contributed by atoms with van der Waals surface area (Å²) >= 11 is 0. The summed E-state index contributed by atoms with van der Waals surface area (Å²) in [5.74, 6) is -1.84. The van der Waals surface area contributed by atoms with Gasteiger partial charge in [0.1, 0.15) is 6.04 Å². The second kappa shape index (κ2) is 8.24. The van der Waals surface area contributed by atoms with Crippen LogP contribution in [0.2, 0.25) is 0 Å². The molecule has 144 valence electrons. The molecule has 0 saturated carbocycles. The van der Waals surface area contributed by atoms with Crippen LogP contribution in [-0.2, 0) is 28.6 Å². The Kier molecular flexibility index (Phi) is 6.25. The summed E-state index contributed by atoms with van der Waals surface area (Å²) in [6, 6.07) is 8.83. The van der Waals surface area contributed by atoms with Crippen LogP contribution in [0.25, 0.3) is 0 Å². The Morgan fingerprint density at radius 3 is 2.22 bits per heavy atom. The maximum atomic E-state index is 12.8. The van der Waals surface area contributed by atoms with Crippen molar-refractivity contribution in [3.8, 4) is 0 Å². The molecule has 7 heteroatoms. The largest absolute Gasteiger partial charge is 0.480 e. The van der Waals surface area contributed by atoms with Crippen LogP contribution in [0, 0.1) is 13.8 Å². The molecular formula is C20H20F3NO3. The molecule has 2 aromatic carbocycles. The Morgan fingerprint density at radius 1 is 1.07 bits per heavy atom. The second-order valence-corrected chi connectivity index (χ2v) is 6.41. The third kappa shape index (κ3) is 5.57. The average molecular weight is 379 g/mol. The molecule has 0 saturated heterocycles. The van der Waals surface area contributed by atoms with Gasteiger partial charge in [-0.25, -0.2) is 4.79 Å². The molecule has 0 radical (unpaired) electrons. The summed E-state index contributed by atoms with van der Waals surface area (Å²) in [6.07, 6.45) is -4.74. The van der Waals surface area contributed by atoms with Crippen LogP contribution in [0.5, 0.6) is 0 Å². The molecule has 1 atom stereocenters. The van der Waals surface area contributed by atoms with Gasteiger partial charge in [-0.2, -0.15) is 13.2 Å². The van der Waals surface area contributed by atoms with Gasteiger partial charge < -0.3 is 10.4 Å². The van der Waals surface area contributed by atoms with E-state index in [0.717, 1.165) is 28.8 Å². The van der Waals surface area contributed by atoms with E-state index in [0.29, 0.717) is 0 Å². The van der Waals surface area contributed by atoms with Crippen molar-refractivity contribution in [3.63, 3.8) is 0 Å². The second-order valence-electron chi connectivity index (χ2n) is 6.41. The van der Waals surface area contributed by atoms with Crippen molar-refractivity contribution >= 4 is 11.9 Å². The number of carbonyl (C=O) groups is 2. The van der Waals surface area contributed by atoms with Gasteiger partial charge in [0.15, 0.2) is 0 Å². The number of nitrogens with one attached hydrogen (secondary N) is 1. The highest BCUT2D eigenvalue weighted by atomic mass is 19.4. The standard InChI is InChI=1S/C20H20F3NO3/c1-12-5-3-6-13(2)16(12)11-17(19(26)27)24-18(25)10-14-7-4-8-15(9-14)20(21,22)23/h3-9,17H,10-11H2,1-2H3,(H,24,25)(H,26,27)/t17-/m0/s1. The third-order valence-corrected chi connectivity index (χ3v) is 4.31. The lowest BCUT2D eigenvalue weighted by Crippen LogP contribution is -2.43. The fraction of sp³-hybridized carbons (Fsp3) is 0.300. The molecule has 0 aromatic heterocycles. The first-order valence-electron chi connectivity index (χ1n) is 8.31. The van der Waals surface area contributed by atoms with Gasteiger partial charge in [-0.05, 0) is 42.2 Å². The van der Waals surface area contributed by atoms with Crippen molar-refractivity contribution in [3.05, 3.63) is 70.3 Å². The van der Waals surface area contributed by atoms with E-state index >= 15 is 0 Å². The average Bonchev–Trinajstić information content (AvgIpc) is 2.56. The van der Waals surface area contributed by atoms with Crippen molar-refractivity contribution in [2.75, 3.05) is 0 Å². The number of aliphatic carboxylic acids is 1. The van der Waals surface area contributed by atoms with Gasteiger partial charge >= 0.3 is 12.1 Å². The molecule has 0 heterocycles. The minimum Gasteiger partial charge on any atom is -0.480 e. The molecule has 0 aliphatic rings. The molecular weight excluding hydrogens is 359 g/mol. The van der Waals surface area contributed by atoms with Crippen LogP contribution in [0.4, 0.5) is 13.2 Å². The Hall–Kier alpha value is -2.83. The molecule has 0 aliphatic carbocycles. The minimum atomic E-state index is -4.50. The van der Waals surface area contributed by atoms with E-state index in [1.54, 1.807) is 0 Å².